The number of nitrogens with one attached hydrogen (secondary N) is 2. The highest BCUT2D eigenvalue weighted by atomic mass is 16.6. The molecule has 0 saturated carbocycles. The Kier molecular flexibility index (Phi) is 9.50. The fourth-order valence-electron chi connectivity index (χ4n) is 3.83. The van der Waals surface area contributed by atoms with Gasteiger partial charge in [0, 0.05) is 12.7 Å². The van der Waals surface area contributed by atoms with Crippen molar-refractivity contribution in [2.75, 3.05) is 12.4 Å². The number of alkyl carbamates (subject to hydrolysis) is 1. The maximum absolute atomic E-state index is 13.7. The van der Waals surface area contributed by atoms with Gasteiger partial charge in [0.25, 0.3) is 5.91 Å². The molecule has 0 aromatic heterocycles. The third-order valence-electron chi connectivity index (χ3n) is 5.62. The number of carbonyl (C=O) groups is 3. The number of aromatic hydroxyl groups is 1. The molecule has 8 heteroatoms. The SMILES string of the molecule is Cc1cc(C(C(=O)Nc2ccccc2C)N(C)C(=O)C(CC(C)C)NC(=O)OC(C)(C)C)ccc1O. The summed E-state index contributed by atoms with van der Waals surface area (Å²) in [6, 6.07) is 10.3. The molecule has 2 rings (SSSR count). The van der Waals surface area contributed by atoms with Crippen LogP contribution in [0.2, 0.25) is 0 Å². The van der Waals surface area contributed by atoms with Crippen LogP contribution in [-0.2, 0) is 14.3 Å². The van der Waals surface area contributed by atoms with Crippen LogP contribution in [0.4, 0.5) is 10.5 Å². The van der Waals surface area contributed by atoms with Crippen molar-refractivity contribution in [1.29, 1.82) is 0 Å². The van der Waals surface area contributed by atoms with Crippen molar-refractivity contribution in [3.05, 3.63) is 59.2 Å². The largest absolute Gasteiger partial charge is 0.508 e. The van der Waals surface area contributed by atoms with Crippen LogP contribution in [0.3, 0.4) is 0 Å². The molecule has 2 aromatic carbocycles. The summed E-state index contributed by atoms with van der Waals surface area (Å²) >= 11 is 0. The first-order valence-electron chi connectivity index (χ1n) is 12.1. The first kappa shape index (κ1) is 28.7. The molecule has 8 nitrogen and oxygen atoms in total. The molecule has 0 bridgehead atoms. The molecule has 2 aromatic rings. The minimum atomic E-state index is -1.01. The Morgan fingerprint density at radius 1 is 1.03 bits per heavy atom. The van der Waals surface area contributed by atoms with Crippen LogP contribution in [0.5, 0.6) is 5.75 Å². The van der Waals surface area contributed by atoms with E-state index in [1.807, 2.05) is 39.0 Å². The highest BCUT2D eigenvalue weighted by molar-refractivity contribution is 5.99. The zero-order chi connectivity index (χ0) is 27.2. The summed E-state index contributed by atoms with van der Waals surface area (Å²) < 4.78 is 5.37. The zero-order valence-electron chi connectivity index (χ0n) is 22.5. The van der Waals surface area contributed by atoms with Crippen LogP contribution in [0.15, 0.2) is 42.5 Å². The lowest BCUT2D eigenvalue weighted by Crippen LogP contribution is -2.51. The second-order valence-corrected chi connectivity index (χ2v) is 10.5. The van der Waals surface area contributed by atoms with Gasteiger partial charge in [0.1, 0.15) is 23.4 Å². The van der Waals surface area contributed by atoms with Crippen LogP contribution >= 0.6 is 0 Å². The third-order valence-corrected chi connectivity index (χ3v) is 5.62. The lowest BCUT2D eigenvalue weighted by molar-refractivity contribution is -0.139. The van der Waals surface area contributed by atoms with E-state index in [4.69, 9.17) is 4.74 Å². The van der Waals surface area contributed by atoms with Crippen molar-refractivity contribution in [2.45, 2.75) is 72.6 Å². The van der Waals surface area contributed by atoms with E-state index in [0.29, 0.717) is 23.2 Å². The van der Waals surface area contributed by atoms with Crippen molar-refractivity contribution in [3.8, 4) is 5.75 Å². The minimum absolute atomic E-state index is 0.0927. The van der Waals surface area contributed by atoms with E-state index in [-0.39, 0.29) is 11.7 Å². The highest BCUT2D eigenvalue weighted by Crippen LogP contribution is 2.28. The number of amides is 3. The lowest BCUT2D eigenvalue weighted by atomic mass is 9.98. The van der Waals surface area contributed by atoms with E-state index in [0.717, 1.165) is 5.56 Å². The van der Waals surface area contributed by atoms with Crippen molar-refractivity contribution in [3.63, 3.8) is 0 Å². The molecule has 0 aliphatic carbocycles. The minimum Gasteiger partial charge on any atom is -0.508 e. The van der Waals surface area contributed by atoms with Crippen molar-refractivity contribution in [2.24, 2.45) is 5.92 Å². The quantitative estimate of drug-likeness (QED) is 0.471. The monoisotopic (exact) mass is 497 g/mol. The van der Waals surface area contributed by atoms with Crippen LogP contribution in [0.25, 0.3) is 0 Å². The number of hydrogen-bond acceptors (Lipinski definition) is 5. The molecule has 0 aliphatic rings. The number of phenols is 1. The van der Waals surface area contributed by atoms with Gasteiger partial charge < -0.3 is 25.4 Å². The number of para-hydroxylation sites is 1. The van der Waals surface area contributed by atoms with Gasteiger partial charge in [-0.2, -0.15) is 0 Å². The standard InChI is InChI=1S/C28H39N3O5/c1-17(2)15-22(30-27(35)36-28(5,6)7)26(34)31(8)24(20-13-14-23(32)19(4)16-20)25(33)29-21-12-10-9-11-18(21)3/h9-14,16-17,22,24,32H,15H2,1-8H3,(H,29,33)(H,30,35). The summed E-state index contributed by atoms with van der Waals surface area (Å²) in [4.78, 5) is 41.1. The lowest BCUT2D eigenvalue weighted by Gasteiger charge is -2.32. The molecule has 0 saturated heterocycles. The summed E-state index contributed by atoms with van der Waals surface area (Å²) in [6.45, 7) is 12.7. The Bertz CT molecular complexity index is 1090. The summed E-state index contributed by atoms with van der Waals surface area (Å²) in [5.41, 5.74) is 1.90. The maximum Gasteiger partial charge on any atom is 0.408 e. The maximum atomic E-state index is 13.7. The van der Waals surface area contributed by atoms with Crippen LogP contribution in [0, 0.1) is 19.8 Å². The van der Waals surface area contributed by atoms with Crippen LogP contribution < -0.4 is 10.6 Å². The summed E-state index contributed by atoms with van der Waals surface area (Å²) in [6.07, 6.45) is -0.334. The van der Waals surface area contributed by atoms with Crippen molar-refractivity contribution < 1.29 is 24.2 Å². The highest BCUT2D eigenvalue weighted by Gasteiger charge is 2.34. The Morgan fingerprint density at radius 2 is 1.67 bits per heavy atom. The fraction of sp³-hybridized carbons (Fsp3) is 0.464. The molecule has 0 aliphatic heterocycles. The van der Waals surface area contributed by atoms with Crippen molar-refractivity contribution >= 4 is 23.6 Å². The Labute approximate surface area is 214 Å². The average Bonchev–Trinajstić information content (AvgIpc) is 2.75. The second-order valence-electron chi connectivity index (χ2n) is 10.5. The summed E-state index contributed by atoms with van der Waals surface area (Å²) in [7, 11) is 1.54. The number of rotatable bonds is 8. The van der Waals surface area contributed by atoms with Gasteiger partial charge in [0.15, 0.2) is 0 Å². The normalized spacial score (nSPS) is 13.0. The number of phenolic OH excluding ortho intramolecular Hbond substituents is 1. The summed E-state index contributed by atoms with van der Waals surface area (Å²) in [5, 5.41) is 15.6. The molecule has 0 heterocycles. The molecule has 0 radical (unpaired) electrons. The molecule has 0 spiro atoms. The van der Waals surface area contributed by atoms with E-state index in [1.165, 1.54) is 18.0 Å². The Morgan fingerprint density at radius 3 is 2.22 bits per heavy atom. The van der Waals surface area contributed by atoms with Gasteiger partial charge in [-0.3, -0.25) is 9.59 Å². The van der Waals surface area contributed by atoms with E-state index in [2.05, 4.69) is 10.6 Å². The number of nitrogens with zero attached hydrogens (tertiary/aromatic N) is 1. The predicted octanol–water partition coefficient (Wildman–Crippen LogP) is 5.09. The fourth-order valence-corrected chi connectivity index (χ4v) is 3.83. The molecule has 0 fully saturated rings. The molecular formula is C28H39N3O5. The number of aryl methyl sites for hydroxylation is 2. The first-order chi connectivity index (χ1) is 16.7. The smallest absolute Gasteiger partial charge is 0.408 e. The van der Waals surface area contributed by atoms with Gasteiger partial charge >= 0.3 is 6.09 Å². The van der Waals surface area contributed by atoms with Gasteiger partial charge in [-0.05, 0) is 81.8 Å². The number of benzene rings is 2. The van der Waals surface area contributed by atoms with Crippen LogP contribution in [0.1, 0.15) is 63.8 Å². The molecule has 3 N–H and O–H groups in total. The molecule has 2 atom stereocenters. The van der Waals surface area contributed by atoms with E-state index in [9.17, 15) is 19.5 Å². The number of hydrogen-bond donors (Lipinski definition) is 3. The van der Waals surface area contributed by atoms with E-state index in [1.54, 1.807) is 45.9 Å². The summed E-state index contributed by atoms with van der Waals surface area (Å²) in [5.74, 6) is -0.649. The number of anilines is 1. The first-order valence-corrected chi connectivity index (χ1v) is 12.1. The third kappa shape index (κ3) is 8.00. The molecule has 2 unspecified atom stereocenters. The number of likely N-dealkylation sites (N-methyl/N-ethyl adjacent to an activating group) is 1. The molecular weight excluding hydrogens is 458 g/mol. The molecule has 196 valence electrons. The molecule has 3 amide bonds. The van der Waals surface area contributed by atoms with Crippen molar-refractivity contribution in [1.82, 2.24) is 10.2 Å². The van der Waals surface area contributed by atoms with E-state index >= 15 is 0 Å². The second kappa shape index (κ2) is 11.9. The number of carbonyl (C=O) groups excluding carboxylic acids is 3. The van der Waals surface area contributed by atoms with Crippen LogP contribution in [-0.4, -0.2) is 46.6 Å². The topological polar surface area (TPSA) is 108 Å². The number of ether oxygens (including phenoxy) is 1. The van der Waals surface area contributed by atoms with Gasteiger partial charge in [0.2, 0.25) is 5.91 Å². The molecule has 36 heavy (non-hydrogen) atoms. The predicted molar refractivity (Wildman–Crippen MR) is 141 cm³/mol. The van der Waals surface area contributed by atoms with E-state index < -0.39 is 35.6 Å². The average molecular weight is 498 g/mol. The zero-order valence-corrected chi connectivity index (χ0v) is 22.5. The van der Waals surface area contributed by atoms with Gasteiger partial charge in [-0.15, -0.1) is 0 Å². The van der Waals surface area contributed by atoms with Gasteiger partial charge in [-0.1, -0.05) is 38.1 Å². The van der Waals surface area contributed by atoms with Gasteiger partial charge in [-0.25, -0.2) is 4.79 Å². The Hall–Kier alpha value is -3.55. The Balaban J connectivity index is 2.43. The van der Waals surface area contributed by atoms with Gasteiger partial charge in [0.05, 0.1) is 0 Å².